The molecule has 1 rings (SSSR count). The average molecular weight is 253 g/mol. The third-order valence-corrected chi connectivity index (χ3v) is 4.60. The number of hydrogen-bond donors (Lipinski definition) is 1. The quantitative estimate of drug-likeness (QED) is 0.764. The van der Waals surface area contributed by atoms with Crippen molar-refractivity contribution in [3.05, 3.63) is 0 Å². The molecule has 0 aromatic heterocycles. The molecule has 2 atom stereocenters. The monoisotopic (exact) mass is 253 g/mol. The highest BCUT2D eigenvalue weighted by Crippen LogP contribution is 2.48. The lowest BCUT2D eigenvalue weighted by molar-refractivity contribution is 0.0396. The van der Waals surface area contributed by atoms with Crippen LogP contribution in [0.5, 0.6) is 0 Å². The van der Waals surface area contributed by atoms with Gasteiger partial charge in [-0.3, -0.25) is 0 Å². The van der Waals surface area contributed by atoms with Gasteiger partial charge in [0.15, 0.2) is 0 Å². The molecular formula is C17H35N. The molecule has 1 heteroatoms. The van der Waals surface area contributed by atoms with E-state index in [1.165, 1.54) is 25.8 Å². The Morgan fingerprint density at radius 2 is 1.83 bits per heavy atom. The van der Waals surface area contributed by atoms with E-state index in [2.05, 4.69) is 53.8 Å². The first-order valence-corrected chi connectivity index (χ1v) is 7.82. The van der Waals surface area contributed by atoms with Crippen molar-refractivity contribution in [3.8, 4) is 0 Å². The minimum Gasteiger partial charge on any atom is -0.316 e. The molecule has 0 radical (unpaired) electrons. The molecule has 0 spiro atoms. The van der Waals surface area contributed by atoms with E-state index in [9.17, 15) is 0 Å². The molecule has 18 heavy (non-hydrogen) atoms. The van der Waals surface area contributed by atoms with E-state index < -0.39 is 0 Å². The molecular weight excluding hydrogens is 218 g/mol. The van der Waals surface area contributed by atoms with Crippen LogP contribution < -0.4 is 5.32 Å². The highest BCUT2D eigenvalue weighted by Gasteiger charge is 2.40. The van der Waals surface area contributed by atoms with E-state index in [0.29, 0.717) is 10.8 Å². The Hall–Kier alpha value is -0.0400. The smallest absolute Gasteiger partial charge is 0.00175 e. The SMILES string of the molecule is CC(C)CNCC1CCC(C)(C)CC1C(C)(C)C. The predicted molar refractivity (Wildman–Crippen MR) is 81.8 cm³/mol. The lowest BCUT2D eigenvalue weighted by Crippen LogP contribution is -2.42. The molecule has 0 amide bonds. The first-order chi connectivity index (χ1) is 8.12. The highest BCUT2D eigenvalue weighted by atomic mass is 14.9. The number of rotatable bonds is 4. The van der Waals surface area contributed by atoms with Gasteiger partial charge in [0.1, 0.15) is 0 Å². The van der Waals surface area contributed by atoms with Crippen molar-refractivity contribution < 1.29 is 0 Å². The summed E-state index contributed by atoms with van der Waals surface area (Å²) in [7, 11) is 0. The van der Waals surface area contributed by atoms with Gasteiger partial charge in [-0.25, -0.2) is 0 Å². The summed E-state index contributed by atoms with van der Waals surface area (Å²) in [5, 5.41) is 3.68. The first-order valence-electron chi connectivity index (χ1n) is 7.82. The van der Waals surface area contributed by atoms with E-state index in [1.54, 1.807) is 0 Å². The summed E-state index contributed by atoms with van der Waals surface area (Å²) in [6, 6.07) is 0. The van der Waals surface area contributed by atoms with Gasteiger partial charge in [0, 0.05) is 0 Å². The van der Waals surface area contributed by atoms with E-state index in [-0.39, 0.29) is 0 Å². The molecule has 1 aliphatic carbocycles. The second kappa shape index (κ2) is 5.94. The van der Waals surface area contributed by atoms with Crippen LogP contribution >= 0.6 is 0 Å². The summed E-state index contributed by atoms with van der Waals surface area (Å²) in [5.41, 5.74) is 0.994. The standard InChI is InChI=1S/C17H35N/c1-13(2)11-18-12-14-8-9-17(6,7)10-15(14)16(3,4)5/h13-15,18H,8-12H2,1-7H3. The van der Waals surface area contributed by atoms with E-state index in [0.717, 1.165) is 24.3 Å². The van der Waals surface area contributed by atoms with Crippen LogP contribution in [0.25, 0.3) is 0 Å². The molecule has 0 bridgehead atoms. The van der Waals surface area contributed by atoms with Crippen LogP contribution in [0.15, 0.2) is 0 Å². The summed E-state index contributed by atoms with van der Waals surface area (Å²) in [6.07, 6.45) is 4.19. The molecule has 1 aliphatic rings. The molecule has 0 aromatic carbocycles. The zero-order valence-electron chi connectivity index (χ0n) is 13.8. The van der Waals surface area contributed by atoms with Gasteiger partial charge >= 0.3 is 0 Å². The number of hydrogen-bond acceptors (Lipinski definition) is 1. The van der Waals surface area contributed by atoms with E-state index in [4.69, 9.17) is 0 Å². The normalized spacial score (nSPS) is 28.7. The second-order valence-electron chi connectivity index (χ2n) is 8.69. The van der Waals surface area contributed by atoms with Gasteiger partial charge in [-0.2, -0.15) is 0 Å². The first kappa shape index (κ1) is 16.0. The maximum atomic E-state index is 3.68. The van der Waals surface area contributed by atoms with Crippen LogP contribution in [0.1, 0.15) is 67.7 Å². The van der Waals surface area contributed by atoms with Crippen molar-refractivity contribution in [2.45, 2.75) is 67.7 Å². The summed E-state index contributed by atoms with van der Waals surface area (Å²) in [6.45, 7) is 19.1. The van der Waals surface area contributed by atoms with E-state index >= 15 is 0 Å². The predicted octanol–water partition coefficient (Wildman–Crippen LogP) is 4.72. The molecule has 0 aliphatic heterocycles. The number of nitrogens with one attached hydrogen (secondary N) is 1. The third kappa shape index (κ3) is 4.91. The summed E-state index contributed by atoms with van der Waals surface area (Å²) in [4.78, 5) is 0. The van der Waals surface area contributed by atoms with Gasteiger partial charge in [-0.1, -0.05) is 48.5 Å². The van der Waals surface area contributed by atoms with Gasteiger partial charge in [-0.05, 0) is 60.9 Å². The highest BCUT2D eigenvalue weighted by molar-refractivity contribution is 4.91. The van der Waals surface area contributed by atoms with Crippen molar-refractivity contribution >= 4 is 0 Å². The largest absolute Gasteiger partial charge is 0.316 e. The van der Waals surface area contributed by atoms with Gasteiger partial charge in [0.2, 0.25) is 0 Å². The van der Waals surface area contributed by atoms with Crippen LogP contribution in [0, 0.1) is 28.6 Å². The fraction of sp³-hybridized carbons (Fsp3) is 1.00. The van der Waals surface area contributed by atoms with Crippen molar-refractivity contribution in [3.63, 3.8) is 0 Å². The van der Waals surface area contributed by atoms with Crippen molar-refractivity contribution in [2.24, 2.45) is 28.6 Å². The van der Waals surface area contributed by atoms with Crippen molar-refractivity contribution in [2.75, 3.05) is 13.1 Å². The summed E-state index contributed by atoms with van der Waals surface area (Å²) >= 11 is 0. The van der Waals surface area contributed by atoms with Crippen LogP contribution in [0.4, 0.5) is 0 Å². The Kier molecular flexibility index (Phi) is 5.29. The Morgan fingerprint density at radius 1 is 1.22 bits per heavy atom. The maximum absolute atomic E-state index is 3.68. The van der Waals surface area contributed by atoms with Crippen LogP contribution in [0.2, 0.25) is 0 Å². The third-order valence-electron chi connectivity index (χ3n) is 4.60. The van der Waals surface area contributed by atoms with Crippen LogP contribution in [0.3, 0.4) is 0 Å². The molecule has 108 valence electrons. The molecule has 0 heterocycles. The lowest BCUT2D eigenvalue weighted by Gasteiger charge is -2.47. The molecule has 0 saturated heterocycles. The van der Waals surface area contributed by atoms with Gasteiger partial charge in [0.25, 0.3) is 0 Å². The van der Waals surface area contributed by atoms with Gasteiger partial charge < -0.3 is 5.32 Å². The van der Waals surface area contributed by atoms with Gasteiger partial charge in [0.05, 0.1) is 0 Å². The topological polar surface area (TPSA) is 12.0 Å². The fourth-order valence-corrected chi connectivity index (χ4v) is 3.46. The van der Waals surface area contributed by atoms with Gasteiger partial charge in [-0.15, -0.1) is 0 Å². The zero-order valence-corrected chi connectivity index (χ0v) is 13.8. The van der Waals surface area contributed by atoms with Crippen molar-refractivity contribution in [1.82, 2.24) is 5.32 Å². The molecule has 1 N–H and O–H groups in total. The minimum atomic E-state index is 0.446. The Balaban J connectivity index is 2.59. The molecule has 0 aromatic rings. The average Bonchev–Trinajstić information content (AvgIpc) is 2.17. The van der Waals surface area contributed by atoms with Crippen molar-refractivity contribution in [1.29, 1.82) is 0 Å². The zero-order chi connectivity index (χ0) is 14.0. The minimum absolute atomic E-state index is 0.446. The van der Waals surface area contributed by atoms with Crippen LogP contribution in [-0.2, 0) is 0 Å². The summed E-state index contributed by atoms with van der Waals surface area (Å²) in [5.74, 6) is 2.50. The Morgan fingerprint density at radius 3 is 2.33 bits per heavy atom. The molecule has 2 unspecified atom stereocenters. The molecule has 1 fully saturated rings. The molecule has 1 nitrogen and oxygen atoms in total. The van der Waals surface area contributed by atoms with E-state index in [1.807, 2.05) is 0 Å². The fourth-order valence-electron chi connectivity index (χ4n) is 3.46. The second-order valence-corrected chi connectivity index (χ2v) is 8.69. The maximum Gasteiger partial charge on any atom is -0.00175 e. The van der Waals surface area contributed by atoms with Crippen LogP contribution in [-0.4, -0.2) is 13.1 Å². The summed E-state index contributed by atoms with van der Waals surface area (Å²) < 4.78 is 0. The Bertz CT molecular complexity index is 247. The molecule has 1 saturated carbocycles. The lowest BCUT2D eigenvalue weighted by atomic mass is 9.59. The Labute approximate surface area is 115 Å².